The predicted octanol–water partition coefficient (Wildman–Crippen LogP) is 4.45. The van der Waals surface area contributed by atoms with Crippen molar-refractivity contribution in [3.8, 4) is 5.75 Å². The highest BCUT2D eigenvalue weighted by Gasteiger charge is 2.12. The van der Waals surface area contributed by atoms with Crippen LogP contribution in [0, 0.1) is 6.92 Å². The second-order valence-corrected chi connectivity index (χ2v) is 7.15. The predicted molar refractivity (Wildman–Crippen MR) is 104 cm³/mol. The first-order valence-electron chi connectivity index (χ1n) is 8.57. The third kappa shape index (κ3) is 5.17. The number of rotatable bonds is 7. The van der Waals surface area contributed by atoms with Gasteiger partial charge < -0.3 is 10.1 Å². The number of carbonyl (C=O) groups excluding carboxylic acids is 1. The van der Waals surface area contributed by atoms with Crippen LogP contribution in [0.1, 0.15) is 34.8 Å². The maximum atomic E-state index is 12.2. The number of ether oxygens (including phenoxy) is 1. The van der Waals surface area contributed by atoms with E-state index in [0.717, 1.165) is 22.0 Å². The lowest BCUT2D eigenvalue weighted by Crippen LogP contribution is -2.28. The average molecular weight is 366 g/mol. The van der Waals surface area contributed by atoms with Gasteiger partial charge in [-0.05, 0) is 31.5 Å². The van der Waals surface area contributed by atoms with Gasteiger partial charge in [-0.15, -0.1) is 11.3 Å². The highest BCUT2D eigenvalue weighted by Crippen LogP contribution is 2.17. The minimum atomic E-state index is -0.0299. The number of nitrogens with zero attached hydrogens (tertiary/aromatic N) is 1. The minimum Gasteiger partial charge on any atom is -0.486 e. The van der Waals surface area contributed by atoms with Crippen molar-refractivity contribution < 1.29 is 9.53 Å². The van der Waals surface area contributed by atoms with Gasteiger partial charge in [0.2, 0.25) is 5.91 Å². The summed E-state index contributed by atoms with van der Waals surface area (Å²) in [5, 5.41) is 5.79. The molecule has 0 aliphatic rings. The molecule has 0 radical (unpaired) electrons. The van der Waals surface area contributed by atoms with Crippen LogP contribution in [-0.4, -0.2) is 10.9 Å². The summed E-state index contributed by atoms with van der Waals surface area (Å²) in [5.41, 5.74) is 3.06. The van der Waals surface area contributed by atoms with Gasteiger partial charge in [-0.1, -0.05) is 48.0 Å². The van der Waals surface area contributed by atoms with Crippen LogP contribution in [0.4, 0.5) is 0 Å². The first kappa shape index (κ1) is 18.1. The summed E-state index contributed by atoms with van der Waals surface area (Å²) in [4.78, 5) is 16.7. The van der Waals surface area contributed by atoms with Gasteiger partial charge >= 0.3 is 0 Å². The molecule has 0 saturated heterocycles. The lowest BCUT2D eigenvalue weighted by molar-refractivity contribution is -0.121. The molecule has 2 aromatic carbocycles. The van der Waals surface area contributed by atoms with E-state index in [0.29, 0.717) is 6.61 Å². The largest absolute Gasteiger partial charge is 0.486 e. The Balaban J connectivity index is 1.49. The molecule has 3 aromatic rings. The van der Waals surface area contributed by atoms with Crippen LogP contribution in [0.5, 0.6) is 5.75 Å². The van der Waals surface area contributed by atoms with Crippen LogP contribution in [0.3, 0.4) is 0 Å². The van der Waals surface area contributed by atoms with Gasteiger partial charge in [0.15, 0.2) is 0 Å². The molecule has 0 aliphatic carbocycles. The summed E-state index contributed by atoms with van der Waals surface area (Å²) in [5.74, 6) is 0.791. The fourth-order valence-corrected chi connectivity index (χ4v) is 3.26. The second-order valence-electron chi connectivity index (χ2n) is 6.21. The molecular formula is C21H22N2O2S. The molecule has 1 aromatic heterocycles. The van der Waals surface area contributed by atoms with Crippen LogP contribution in [0.2, 0.25) is 0 Å². The van der Waals surface area contributed by atoms with E-state index in [1.165, 1.54) is 16.9 Å². The summed E-state index contributed by atoms with van der Waals surface area (Å²) in [6.45, 7) is 4.44. The number of amides is 1. The molecule has 26 heavy (non-hydrogen) atoms. The van der Waals surface area contributed by atoms with Crippen LogP contribution < -0.4 is 10.1 Å². The Morgan fingerprint density at radius 3 is 2.62 bits per heavy atom. The van der Waals surface area contributed by atoms with Crippen LogP contribution in [0.25, 0.3) is 0 Å². The van der Waals surface area contributed by atoms with Crippen molar-refractivity contribution in [3.05, 3.63) is 81.8 Å². The Hall–Kier alpha value is -2.66. The van der Waals surface area contributed by atoms with E-state index < -0.39 is 0 Å². The van der Waals surface area contributed by atoms with E-state index in [1.54, 1.807) is 0 Å². The maximum absolute atomic E-state index is 12.2. The van der Waals surface area contributed by atoms with Gasteiger partial charge in [-0.25, -0.2) is 4.98 Å². The summed E-state index contributed by atoms with van der Waals surface area (Å²) >= 11 is 1.51. The van der Waals surface area contributed by atoms with Gasteiger partial charge in [0.05, 0.1) is 18.2 Å². The lowest BCUT2D eigenvalue weighted by Gasteiger charge is -2.13. The lowest BCUT2D eigenvalue weighted by atomic mass is 10.1. The third-order valence-corrected chi connectivity index (χ3v) is 4.87. The van der Waals surface area contributed by atoms with E-state index in [4.69, 9.17) is 4.74 Å². The molecule has 1 N–H and O–H groups in total. The van der Waals surface area contributed by atoms with Gasteiger partial charge in [0, 0.05) is 5.38 Å². The summed E-state index contributed by atoms with van der Waals surface area (Å²) < 4.78 is 5.74. The maximum Gasteiger partial charge on any atom is 0.226 e. The molecule has 0 aliphatic heterocycles. The number of benzene rings is 2. The molecule has 0 bridgehead atoms. The molecule has 1 heterocycles. The van der Waals surface area contributed by atoms with Gasteiger partial charge in [0.25, 0.3) is 0 Å². The van der Waals surface area contributed by atoms with E-state index >= 15 is 0 Å². The van der Waals surface area contributed by atoms with Crippen molar-refractivity contribution in [2.45, 2.75) is 32.9 Å². The number of nitrogens with one attached hydrogen (secondary N) is 1. The van der Waals surface area contributed by atoms with Crippen molar-refractivity contribution in [3.63, 3.8) is 0 Å². The van der Waals surface area contributed by atoms with Gasteiger partial charge in [0.1, 0.15) is 17.4 Å². The van der Waals surface area contributed by atoms with Crippen LogP contribution >= 0.6 is 11.3 Å². The zero-order chi connectivity index (χ0) is 18.4. The summed E-state index contributed by atoms with van der Waals surface area (Å²) in [7, 11) is 0. The Kier molecular flexibility index (Phi) is 6.02. The quantitative estimate of drug-likeness (QED) is 0.672. The second kappa shape index (κ2) is 8.63. The molecule has 0 fully saturated rings. The van der Waals surface area contributed by atoms with Gasteiger partial charge in [-0.2, -0.15) is 0 Å². The zero-order valence-corrected chi connectivity index (χ0v) is 15.8. The van der Waals surface area contributed by atoms with Crippen LogP contribution in [-0.2, 0) is 17.8 Å². The smallest absolute Gasteiger partial charge is 0.226 e. The van der Waals surface area contributed by atoms with Crippen molar-refractivity contribution in [2.24, 2.45) is 0 Å². The fraction of sp³-hybridized carbons (Fsp3) is 0.238. The highest BCUT2D eigenvalue weighted by atomic mass is 32.1. The van der Waals surface area contributed by atoms with Crippen molar-refractivity contribution in [1.29, 1.82) is 0 Å². The molecule has 1 atom stereocenters. The van der Waals surface area contributed by atoms with Crippen molar-refractivity contribution in [2.75, 3.05) is 0 Å². The molecule has 1 amide bonds. The van der Waals surface area contributed by atoms with Gasteiger partial charge in [-0.3, -0.25) is 4.79 Å². The monoisotopic (exact) mass is 366 g/mol. The first-order valence-corrected chi connectivity index (χ1v) is 9.45. The number of thiazole rings is 1. The average Bonchev–Trinajstić information content (AvgIpc) is 3.09. The Labute approximate surface area is 157 Å². The van der Waals surface area contributed by atoms with E-state index in [9.17, 15) is 4.79 Å². The van der Waals surface area contributed by atoms with Crippen LogP contribution in [0.15, 0.2) is 60.0 Å². The fourth-order valence-electron chi connectivity index (χ4n) is 2.56. The molecule has 5 heteroatoms. The van der Waals surface area contributed by atoms with Crippen molar-refractivity contribution in [1.82, 2.24) is 10.3 Å². The Morgan fingerprint density at radius 2 is 1.88 bits per heavy atom. The number of hydrogen-bond acceptors (Lipinski definition) is 4. The molecule has 0 spiro atoms. The number of aromatic nitrogens is 1. The minimum absolute atomic E-state index is 0.0216. The third-order valence-electron chi connectivity index (χ3n) is 4.00. The standard InChI is InChI=1S/C21H22N2O2S/c1-15-8-10-19(11-9-15)25-13-21-23-18(14-26-21)12-20(24)22-16(2)17-6-4-3-5-7-17/h3-11,14,16H,12-13H2,1-2H3,(H,22,24)/t16-/m0/s1. The molecule has 134 valence electrons. The Bertz CT molecular complexity index is 844. The first-order chi connectivity index (χ1) is 12.6. The van der Waals surface area contributed by atoms with E-state index in [2.05, 4.69) is 10.3 Å². The van der Waals surface area contributed by atoms with Crippen molar-refractivity contribution >= 4 is 17.2 Å². The number of hydrogen-bond donors (Lipinski definition) is 1. The molecule has 4 nitrogen and oxygen atoms in total. The van der Waals surface area contributed by atoms with E-state index in [-0.39, 0.29) is 18.4 Å². The number of aryl methyl sites for hydroxylation is 1. The molecular weight excluding hydrogens is 344 g/mol. The number of carbonyl (C=O) groups is 1. The molecule has 3 rings (SSSR count). The zero-order valence-electron chi connectivity index (χ0n) is 14.9. The Morgan fingerprint density at radius 1 is 1.15 bits per heavy atom. The highest BCUT2D eigenvalue weighted by molar-refractivity contribution is 7.09. The summed E-state index contributed by atoms with van der Waals surface area (Å²) in [6.07, 6.45) is 0.276. The van der Waals surface area contributed by atoms with E-state index in [1.807, 2.05) is 73.8 Å². The summed E-state index contributed by atoms with van der Waals surface area (Å²) in [6, 6.07) is 17.8. The normalized spacial score (nSPS) is 11.8. The molecule has 0 unspecified atom stereocenters. The molecule has 0 saturated carbocycles. The SMILES string of the molecule is Cc1ccc(OCc2nc(CC(=O)N[C@@H](C)c3ccccc3)cs2)cc1. The topological polar surface area (TPSA) is 51.2 Å².